The number of hydrogen-bond donors (Lipinski definition) is 2. The number of anilines is 1. The monoisotopic (exact) mass is 514 g/mol. The van der Waals surface area contributed by atoms with Crippen molar-refractivity contribution in [2.75, 3.05) is 25.1 Å². The summed E-state index contributed by atoms with van der Waals surface area (Å²) in [6, 6.07) is 4.24. The molecule has 1 aromatic rings. The fourth-order valence-corrected chi connectivity index (χ4v) is 6.48. The summed E-state index contributed by atoms with van der Waals surface area (Å²) in [5.41, 5.74) is 0.0320. The summed E-state index contributed by atoms with van der Waals surface area (Å²) in [5.74, 6) is -3.02. The number of β-amino-alcohol motifs (C(OH)–C–C–N with tert-alkyl or cyclic N) is 1. The number of hydrogen-bond acceptors (Lipinski definition) is 6. The molecule has 6 atom stereocenters. The number of likely N-dealkylation sites (tertiary alicyclic amines) is 1. The van der Waals surface area contributed by atoms with Crippen molar-refractivity contribution in [3.63, 3.8) is 0 Å². The Balaban J connectivity index is 1.74. The fraction of sp³-hybridized carbons (Fsp3) is 0.571. The van der Waals surface area contributed by atoms with Gasteiger partial charge in [-0.2, -0.15) is 0 Å². The first-order valence-corrected chi connectivity index (χ1v) is 11.5. The summed E-state index contributed by atoms with van der Waals surface area (Å²) in [5, 5.41) is 12.8. The number of halogens is 2. The molecule has 0 aromatic heterocycles. The number of amides is 2. The lowest BCUT2D eigenvalue weighted by atomic mass is 9.70. The molecule has 3 fully saturated rings. The van der Waals surface area contributed by atoms with Crippen LogP contribution < -0.4 is 5.32 Å². The van der Waals surface area contributed by atoms with E-state index in [-0.39, 0.29) is 30.5 Å². The van der Waals surface area contributed by atoms with Gasteiger partial charge < -0.3 is 24.8 Å². The Morgan fingerprint density at radius 1 is 1.45 bits per heavy atom. The molecule has 10 heteroatoms. The Hall–Kier alpha value is -1.68. The summed E-state index contributed by atoms with van der Waals surface area (Å²) in [6.45, 7) is 3.32. The minimum absolute atomic E-state index is 0.0484. The van der Waals surface area contributed by atoms with Crippen LogP contribution in [-0.2, 0) is 23.9 Å². The van der Waals surface area contributed by atoms with Crippen molar-refractivity contribution >= 4 is 51.0 Å². The van der Waals surface area contributed by atoms with E-state index in [4.69, 9.17) is 21.1 Å². The number of para-hydroxylation sites is 1. The third kappa shape index (κ3) is 3.37. The zero-order valence-electron chi connectivity index (χ0n) is 17.1. The third-order valence-corrected chi connectivity index (χ3v) is 7.57. The minimum atomic E-state index is -1.19. The van der Waals surface area contributed by atoms with Gasteiger partial charge in [-0.15, -0.1) is 0 Å². The predicted molar refractivity (Wildman–Crippen MR) is 116 cm³/mol. The molecular formula is C21H24BrClN2O6. The largest absolute Gasteiger partial charge is 0.466 e. The molecule has 2 bridgehead atoms. The maximum atomic E-state index is 13.5. The number of benzene rings is 1. The van der Waals surface area contributed by atoms with Crippen LogP contribution in [0.1, 0.15) is 18.9 Å². The Labute approximate surface area is 193 Å². The van der Waals surface area contributed by atoms with Gasteiger partial charge in [0.05, 0.1) is 41.9 Å². The average Bonchev–Trinajstić information content (AvgIpc) is 3.29. The van der Waals surface area contributed by atoms with Gasteiger partial charge in [0.25, 0.3) is 0 Å². The molecule has 1 aromatic carbocycles. The number of nitrogens with zero attached hydrogens (tertiary/aromatic N) is 1. The van der Waals surface area contributed by atoms with E-state index >= 15 is 0 Å². The van der Waals surface area contributed by atoms with E-state index in [1.807, 2.05) is 13.0 Å². The maximum absolute atomic E-state index is 13.5. The summed E-state index contributed by atoms with van der Waals surface area (Å²) in [6.07, 6.45) is -0.187. The van der Waals surface area contributed by atoms with E-state index in [1.165, 1.54) is 4.90 Å². The standard InChI is InChI=1S/C21H24BrClN2O6/c1-3-30-20(29)13-14-19(28)25(7-8-26)17(21(14)9-11(22)16(13)31-21)18(27)24-15-10(2)5-4-6-12(15)23/h4-6,11,13-14,16-17,26H,3,7-9H2,1-2H3,(H,24,27)/t11?,13-,14+,16-,17-,21+/m1/s1. The maximum Gasteiger partial charge on any atom is 0.312 e. The van der Waals surface area contributed by atoms with Crippen molar-refractivity contribution in [1.82, 2.24) is 4.90 Å². The first-order chi connectivity index (χ1) is 14.8. The molecule has 3 heterocycles. The second-order valence-corrected chi connectivity index (χ2v) is 9.68. The molecule has 1 spiro atoms. The molecule has 3 aliphatic heterocycles. The van der Waals surface area contributed by atoms with Gasteiger partial charge in [-0.1, -0.05) is 39.7 Å². The van der Waals surface area contributed by atoms with Crippen molar-refractivity contribution in [3.05, 3.63) is 28.8 Å². The molecule has 2 amide bonds. The van der Waals surface area contributed by atoms with Gasteiger partial charge in [-0.05, 0) is 31.9 Å². The smallest absolute Gasteiger partial charge is 0.312 e. The van der Waals surface area contributed by atoms with Crippen LogP contribution in [0.25, 0.3) is 0 Å². The zero-order chi connectivity index (χ0) is 22.5. The van der Waals surface area contributed by atoms with Gasteiger partial charge in [0, 0.05) is 11.4 Å². The number of fused-ring (bicyclic) bond motifs is 1. The Morgan fingerprint density at radius 2 is 2.19 bits per heavy atom. The summed E-state index contributed by atoms with van der Waals surface area (Å²) in [7, 11) is 0. The second kappa shape index (κ2) is 8.35. The molecule has 2 N–H and O–H groups in total. The lowest BCUT2D eigenvalue weighted by Crippen LogP contribution is -2.54. The van der Waals surface area contributed by atoms with Gasteiger partial charge in [0.2, 0.25) is 11.8 Å². The van der Waals surface area contributed by atoms with Crippen molar-refractivity contribution in [2.24, 2.45) is 11.8 Å². The minimum Gasteiger partial charge on any atom is -0.466 e. The number of aliphatic hydroxyl groups is 1. The Bertz CT molecular complexity index is 909. The van der Waals surface area contributed by atoms with E-state index in [2.05, 4.69) is 21.2 Å². The number of aryl methyl sites for hydroxylation is 1. The summed E-state index contributed by atoms with van der Waals surface area (Å²) >= 11 is 9.85. The highest BCUT2D eigenvalue weighted by Crippen LogP contribution is 2.60. The van der Waals surface area contributed by atoms with Crippen molar-refractivity contribution < 1.29 is 29.0 Å². The number of ether oxygens (including phenoxy) is 2. The topological polar surface area (TPSA) is 105 Å². The first-order valence-electron chi connectivity index (χ1n) is 10.2. The van der Waals surface area contributed by atoms with Crippen LogP contribution >= 0.6 is 27.5 Å². The number of rotatable bonds is 6. The predicted octanol–water partition coefficient (Wildman–Crippen LogP) is 1.89. The lowest BCUT2D eigenvalue weighted by Gasteiger charge is -2.34. The summed E-state index contributed by atoms with van der Waals surface area (Å²) < 4.78 is 11.5. The van der Waals surface area contributed by atoms with E-state index < -0.39 is 41.5 Å². The molecule has 168 valence electrons. The van der Waals surface area contributed by atoms with E-state index in [1.54, 1.807) is 19.1 Å². The van der Waals surface area contributed by atoms with Crippen LogP contribution in [0.15, 0.2) is 18.2 Å². The normalized spacial score (nSPS) is 33.5. The Morgan fingerprint density at radius 3 is 2.84 bits per heavy atom. The van der Waals surface area contributed by atoms with Gasteiger partial charge in [0.1, 0.15) is 11.6 Å². The van der Waals surface area contributed by atoms with Crippen LogP contribution in [-0.4, -0.2) is 70.1 Å². The van der Waals surface area contributed by atoms with Crippen LogP contribution in [0.4, 0.5) is 5.69 Å². The fourth-order valence-electron chi connectivity index (χ4n) is 5.27. The van der Waals surface area contributed by atoms with Gasteiger partial charge in [-0.25, -0.2) is 0 Å². The molecule has 0 radical (unpaired) electrons. The molecular weight excluding hydrogens is 492 g/mol. The number of esters is 1. The Kier molecular flexibility index (Phi) is 6.06. The first kappa shape index (κ1) is 22.5. The van der Waals surface area contributed by atoms with Crippen molar-refractivity contribution in [1.29, 1.82) is 0 Å². The average molecular weight is 516 g/mol. The molecule has 4 rings (SSSR count). The van der Waals surface area contributed by atoms with Gasteiger partial charge in [-0.3, -0.25) is 14.4 Å². The molecule has 3 aliphatic rings. The molecule has 8 nitrogen and oxygen atoms in total. The number of nitrogens with one attached hydrogen (secondary N) is 1. The third-order valence-electron chi connectivity index (χ3n) is 6.41. The van der Waals surface area contributed by atoms with E-state index in [9.17, 15) is 19.5 Å². The van der Waals surface area contributed by atoms with Crippen LogP contribution in [0.2, 0.25) is 5.02 Å². The molecule has 3 saturated heterocycles. The molecule has 1 unspecified atom stereocenters. The highest BCUT2D eigenvalue weighted by molar-refractivity contribution is 9.09. The molecule has 31 heavy (non-hydrogen) atoms. The second-order valence-electron chi connectivity index (χ2n) is 8.09. The van der Waals surface area contributed by atoms with E-state index in [0.29, 0.717) is 17.1 Å². The molecule has 0 saturated carbocycles. The van der Waals surface area contributed by atoms with Crippen LogP contribution in [0, 0.1) is 18.8 Å². The SMILES string of the molecule is CCOC(=O)[C@H]1[C@@H]2O[C@@]3(CC2Br)[C@@H]1C(=O)N(CCO)[C@@H]3C(=O)Nc1c(C)cccc1Cl. The number of carbonyl (C=O) groups excluding carboxylic acids is 3. The van der Waals surface area contributed by atoms with Gasteiger partial charge >= 0.3 is 5.97 Å². The number of alkyl halides is 1. The number of aliphatic hydroxyl groups excluding tert-OH is 1. The van der Waals surface area contributed by atoms with Crippen LogP contribution in [0.5, 0.6) is 0 Å². The quantitative estimate of drug-likeness (QED) is 0.443. The highest BCUT2D eigenvalue weighted by Gasteiger charge is 2.76. The van der Waals surface area contributed by atoms with Crippen molar-refractivity contribution in [2.45, 2.75) is 42.8 Å². The summed E-state index contributed by atoms with van der Waals surface area (Å²) in [4.78, 5) is 40.8. The van der Waals surface area contributed by atoms with Crippen LogP contribution in [0.3, 0.4) is 0 Å². The van der Waals surface area contributed by atoms with Gasteiger partial charge in [0.15, 0.2) is 0 Å². The lowest BCUT2D eigenvalue weighted by molar-refractivity contribution is -0.154. The highest BCUT2D eigenvalue weighted by atomic mass is 79.9. The zero-order valence-corrected chi connectivity index (χ0v) is 19.5. The van der Waals surface area contributed by atoms with E-state index in [0.717, 1.165) is 5.56 Å². The number of carbonyl (C=O) groups is 3. The van der Waals surface area contributed by atoms with Crippen molar-refractivity contribution in [3.8, 4) is 0 Å². The molecule has 0 aliphatic carbocycles.